The maximum Gasteiger partial charge on any atom is 0.255 e. The normalized spacial score (nSPS) is 10.6. The van der Waals surface area contributed by atoms with Gasteiger partial charge in [0.2, 0.25) is 5.95 Å². The summed E-state index contributed by atoms with van der Waals surface area (Å²) in [6, 6.07) is 18.0. The third-order valence-corrected chi connectivity index (χ3v) is 4.51. The summed E-state index contributed by atoms with van der Waals surface area (Å²) in [6.45, 7) is 2.48. The van der Waals surface area contributed by atoms with Crippen molar-refractivity contribution in [2.45, 2.75) is 32.7 Å². The van der Waals surface area contributed by atoms with E-state index in [1.54, 1.807) is 0 Å². The second-order valence-corrected chi connectivity index (χ2v) is 6.71. The number of aromatic nitrogens is 1. The zero-order valence-corrected chi connectivity index (χ0v) is 16.3. The Bertz CT molecular complexity index is 974. The van der Waals surface area contributed by atoms with Gasteiger partial charge >= 0.3 is 0 Å². The molecule has 0 bridgehead atoms. The number of ether oxygens (including phenoxy) is 1. The fourth-order valence-corrected chi connectivity index (χ4v) is 2.90. The number of rotatable bonds is 8. The molecule has 3 N–H and O–H groups in total. The van der Waals surface area contributed by atoms with Gasteiger partial charge in [0, 0.05) is 6.54 Å². The molecule has 3 aromatic rings. The Morgan fingerprint density at radius 3 is 2.59 bits per heavy atom. The van der Waals surface area contributed by atoms with Crippen LogP contribution in [0.4, 0.5) is 10.2 Å². The van der Waals surface area contributed by atoms with E-state index < -0.39 is 11.9 Å². The molecule has 0 aliphatic rings. The number of nitrogen functional groups attached to an aromatic ring is 1. The molecule has 1 amide bonds. The van der Waals surface area contributed by atoms with Crippen LogP contribution in [0.15, 0.2) is 60.7 Å². The second-order valence-electron chi connectivity index (χ2n) is 6.71. The van der Waals surface area contributed by atoms with Crippen LogP contribution in [0.2, 0.25) is 0 Å². The average Bonchev–Trinajstić information content (AvgIpc) is 2.72. The Labute approximate surface area is 169 Å². The minimum absolute atomic E-state index is 0.131. The molecule has 0 aliphatic heterocycles. The Hall–Kier alpha value is -3.41. The molecule has 0 unspecified atom stereocenters. The van der Waals surface area contributed by atoms with Gasteiger partial charge in [0.05, 0.1) is 5.56 Å². The number of carbonyl (C=O) groups excluding carboxylic acids is 1. The molecule has 0 spiro atoms. The van der Waals surface area contributed by atoms with Crippen molar-refractivity contribution in [1.29, 1.82) is 0 Å². The van der Waals surface area contributed by atoms with Crippen molar-refractivity contribution in [3.63, 3.8) is 0 Å². The van der Waals surface area contributed by atoms with E-state index in [0.29, 0.717) is 6.54 Å². The fourth-order valence-electron chi connectivity index (χ4n) is 2.90. The smallest absolute Gasteiger partial charge is 0.255 e. The fraction of sp³-hybridized carbons (Fsp3) is 0.217. The number of halogens is 1. The molecule has 1 aromatic heterocycles. The predicted molar refractivity (Wildman–Crippen MR) is 111 cm³/mol. The molecule has 0 fully saturated rings. The molecule has 0 aliphatic carbocycles. The van der Waals surface area contributed by atoms with E-state index in [9.17, 15) is 9.18 Å². The van der Waals surface area contributed by atoms with E-state index in [4.69, 9.17) is 10.5 Å². The van der Waals surface area contributed by atoms with Gasteiger partial charge in [-0.2, -0.15) is 4.39 Å². The number of amides is 1. The molecule has 5 nitrogen and oxygen atoms in total. The zero-order valence-electron chi connectivity index (χ0n) is 16.3. The molecule has 3 rings (SSSR count). The first-order valence-electron chi connectivity index (χ1n) is 9.61. The minimum Gasteiger partial charge on any atom is -0.457 e. The monoisotopic (exact) mass is 393 g/mol. The highest BCUT2D eigenvalue weighted by atomic mass is 19.1. The van der Waals surface area contributed by atoms with Crippen molar-refractivity contribution >= 4 is 11.7 Å². The van der Waals surface area contributed by atoms with Crippen LogP contribution in [0.3, 0.4) is 0 Å². The van der Waals surface area contributed by atoms with Gasteiger partial charge in [-0.15, -0.1) is 0 Å². The maximum absolute atomic E-state index is 13.0. The lowest BCUT2D eigenvalue weighted by atomic mass is 10.1. The van der Waals surface area contributed by atoms with Gasteiger partial charge < -0.3 is 15.8 Å². The highest BCUT2D eigenvalue weighted by Gasteiger charge is 2.11. The largest absolute Gasteiger partial charge is 0.457 e. The predicted octanol–water partition coefficient (Wildman–Crippen LogP) is 4.87. The summed E-state index contributed by atoms with van der Waals surface area (Å²) in [6.07, 6.45) is 3.24. The lowest BCUT2D eigenvalue weighted by Gasteiger charge is -2.12. The summed E-state index contributed by atoms with van der Waals surface area (Å²) in [5.41, 5.74) is 7.84. The molecule has 6 heteroatoms. The van der Waals surface area contributed by atoms with Gasteiger partial charge in [0.1, 0.15) is 17.3 Å². The van der Waals surface area contributed by atoms with Crippen molar-refractivity contribution in [3.05, 3.63) is 83.3 Å². The van der Waals surface area contributed by atoms with Crippen LogP contribution in [0, 0.1) is 5.95 Å². The Balaban J connectivity index is 1.60. The molecule has 1 heterocycles. The topological polar surface area (TPSA) is 77.2 Å². The van der Waals surface area contributed by atoms with Gasteiger partial charge in [0.15, 0.2) is 0 Å². The van der Waals surface area contributed by atoms with Crippen LogP contribution in [0.25, 0.3) is 0 Å². The maximum atomic E-state index is 13.0. The minimum atomic E-state index is -0.717. The summed E-state index contributed by atoms with van der Waals surface area (Å²) >= 11 is 0. The number of carbonyl (C=O) groups is 1. The summed E-state index contributed by atoms with van der Waals surface area (Å²) in [5, 5.41) is 2.75. The van der Waals surface area contributed by atoms with Crippen molar-refractivity contribution in [2.75, 3.05) is 5.73 Å². The van der Waals surface area contributed by atoms with E-state index in [0.717, 1.165) is 42.4 Å². The number of nitrogens with one attached hydrogen (secondary N) is 1. The number of hydrogen-bond acceptors (Lipinski definition) is 4. The number of aryl methyl sites for hydroxylation is 1. The van der Waals surface area contributed by atoms with Crippen LogP contribution in [0.5, 0.6) is 11.5 Å². The van der Waals surface area contributed by atoms with Crippen molar-refractivity contribution < 1.29 is 13.9 Å². The van der Waals surface area contributed by atoms with Crippen molar-refractivity contribution in [3.8, 4) is 11.5 Å². The number of nitrogens with zero attached hydrogens (tertiary/aromatic N) is 1. The quantitative estimate of drug-likeness (QED) is 0.536. The number of benzene rings is 2. The molecule has 0 radical (unpaired) electrons. The highest BCUT2D eigenvalue weighted by Crippen LogP contribution is 2.26. The van der Waals surface area contributed by atoms with Crippen LogP contribution in [0.1, 0.15) is 41.3 Å². The second kappa shape index (κ2) is 9.68. The molecule has 29 heavy (non-hydrogen) atoms. The molecular weight excluding hydrogens is 369 g/mol. The van der Waals surface area contributed by atoms with Crippen LogP contribution in [-0.4, -0.2) is 10.9 Å². The van der Waals surface area contributed by atoms with Gasteiger partial charge in [-0.05, 0) is 54.3 Å². The molecule has 0 atom stereocenters. The number of para-hydroxylation sites is 1. The Morgan fingerprint density at radius 2 is 1.86 bits per heavy atom. The SMILES string of the molecule is CCCCc1ccccc1Oc1ccc(CNC(=O)c2ccc(F)nc2N)cc1. The first-order valence-corrected chi connectivity index (χ1v) is 9.61. The number of hydrogen-bond donors (Lipinski definition) is 2. The molecule has 0 saturated carbocycles. The summed E-state index contributed by atoms with van der Waals surface area (Å²) < 4.78 is 19.0. The Kier molecular flexibility index (Phi) is 6.79. The third-order valence-electron chi connectivity index (χ3n) is 4.51. The molecule has 150 valence electrons. The number of pyridine rings is 1. The summed E-state index contributed by atoms with van der Waals surface area (Å²) in [7, 11) is 0. The zero-order chi connectivity index (χ0) is 20.6. The van der Waals surface area contributed by atoms with E-state index in [1.165, 1.54) is 11.6 Å². The number of unbranched alkanes of at least 4 members (excludes halogenated alkanes) is 1. The molecule has 2 aromatic carbocycles. The van der Waals surface area contributed by atoms with Crippen molar-refractivity contribution in [1.82, 2.24) is 10.3 Å². The van der Waals surface area contributed by atoms with Gasteiger partial charge in [-0.1, -0.05) is 43.7 Å². The van der Waals surface area contributed by atoms with Crippen LogP contribution in [-0.2, 0) is 13.0 Å². The number of nitrogens with two attached hydrogens (primary N) is 1. The van der Waals surface area contributed by atoms with Gasteiger partial charge in [-0.25, -0.2) is 4.98 Å². The highest BCUT2D eigenvalue weighted by molar-refractivity contribution is 5.98. The van der Waals surface area contributed by atoms with E-state index in [-0.39, 0.29) is 11.4 Å². The molecule has 0 saturated heterocycles. The lowest BCUT2D eigenvalue weighted by Crippen LogP contribution is -2.24. The standard InChI is InChI=1S/C23H24FN3O2/c1-2-3-6-17-7-4-5-8-20(17)29-18-11-9-16(10-12-18)15-26-23(28)19-13-14-21(24)27-22(19)25/h4-5,7-14H,2-3,6,15H2,1H3,(H2,25,27)(H,26,28). The third kappa shape index (κ3) is 5.54. The van der Waals surface area contributed by atoms with E-state index >= 15 is 0 Å². The first-order chi connectivity index (χ1) is 14.1. The average molecular weight is 393 g/mol. The van der Waals surface area contributed by atoms with E-state index in [1.807, 2.05) is 42.5 Å². The van der Waals surface area contributed by atoms with E-state index in [2.05, 4.69) is 23.3 Å². The first kappa shape index (κ1) is 20.3. The van der Waals surface area contributed by atoms with Gasteiger partial charge in [0.25, 0.3) is 5.91 Å². The van der Waals surface area contributed by atoms with Crippen molar-refractivity contribution in [2.24, 2.45) is 0 Å². The summed E-state index contributed by atoms with van der Waals surface area (Å²) in [4.78, 5) is 15.7. The van der Waals surface area contributed by atoms with Gasteiger partial charge in [-0.3, -0.25) is 4.79 Å². The molecular formula is C23H24FN3O2. The lowest BCUT2D eigenvalue weighted by molar-refractivity contribution is 0.0951. The summed E-state index contributed by atoms with van der Waals surface area (Å²) in [5.74, 6) is 0.344. The van der Waals surface area contributed by atoms with Crippen LogP contribution < -0.4 is 15.8 Å². The van der Waals surface area contributed by atoms with Crippen LogP contribution >= 0.6 is 0 Å². The Morgan fingerprint density at radius 1 is 1.10 bits per heavy atom. The number of anilines is 1.